The molecule has 1 amide bonds. The predicted octanol–water partition coefficient (Wildman–Crippen LogP) is 2.21. The highest BCUT2D eigenvalue weighted by Crippen LogP contribution is 2.14. The lowest BCUT2D eigenvalue weighted by Crippen LogP contribution is -2.23. The van der Waals surface area contributed by atoms with E-state index in [1.54, 1.807) is 10.9 Å². The Bertz CT molecular complexity index is 643. The van der Waals surface area contributed by atoms with Crippen LogP contribution in [0.2, 0.25) is 0 Å². The van der Waals surface area contributed by atoms with Gasteiger partial charge in [-0.2, -0.15) is 0 Å². The summed E-state index contributed by atoms with van der Waals surface area (Å²) in [6.45, 7) is 0.255. The van der Waals surface area contributed by atoms with Crippen molar-refractivity contribution in [3.05, 3.63) is 46.7 Å². The molecule has 6 heteroatoms. The molecule has 0 unspecified atom stereocenters. The van der Waals surface area contributed by atoms with Crippen LogP contribution >= 0.6 is 11.3 Å². The Morgan fingerprint density at radius 2 is 2.28 bits per heavy atom. The fourth-order valence-electron chi connectivity index (χ4n) is 1.57. The van der Waals surface area contributed by atoms with E-state index in [0.717, 1.165) is 11.1 Å². The zero-order valence-electron chi connectivity index (χ0n) is 9.29. The summed E-state index contributed by atoms with van der Waals surface area (Å²) in [5, 5.41) is 4.41. The van der Waals surface area contributed by atoms with Gasteiger partial charge in [0, 0.05) is 5.38 Å². The first-order chi connectivity index (χ1) is 8.83. The average Bonchev–Trinajstić information content (AvgIpc) is 3.04. The van der Waals surface area contributed by atoms with Gasteiger partial charge in [-0.1, -0.05) is 12.1 Å². The Kier molecular flexibility index (Phi) is 2.77. The Labute approximate surface area is 106 Å². The first kappa shape index (κ1) is 10.9. The Morgan fingerprint density at radius 3 is 3.06 bits per heavy atom. The van der Waals surface area contributed by atoms with Gasteiger partial charge < -0.3 is 9.73 Å². The minimum Gasteiger partial charge on any atom is -0.439 e. The van der Waals surface area contributed by atoms with Crippen LogP contribution in [0.5, 0.6) is 0 Å². The van der Waals surface area contributed by atoms with Gasteiger partial charge in [0.05, 0.1) is 12.1 Å². The summed E-state index contributed by atoms with van der Waals surface area (Å²) in [6.07, 6.45) is 0. The van der Waals surface area contributed by atoms with E-state index in [9.17, 15) is 4.79 Å². The smallest absolute Gasteiger partial charge is 0.271 e. The number of nitrogens with one attached hydrogen (secondary N) is 1. The number of oxazole rings is 1. The monoisotopic (exact) mass is 259 g/mol. The van der Waals surface area contributed by atoms with E-state index in [4.69, 9.17) is 4.42 Å². The number of nitrogens with zero attached hydrogens (tertiary/aromatic N) is 2. The van der Waals surface area contributed by atoms with Gasteiger partial charge in [0.2, 0.25) is 5.89 Å². The molecule has 0 aliphatic rings. The Morgan fingerprint density at radius 1 is 1.39 bits per heavy atom. The molecule has 0 aliphatic heterocycles. The van der Waals surface area contributed by atoms with Crippen molar-refractivity contribution in [2.45, 2.75) is 6.54 Å². The molecule has 0 saturated carbocycles. The quantitative estimate of drug-likeness (QED) is 0.783. The minimum absolute atomic E-state index is 0.224. The predicted molar refractivity (Wildman–Crippen MR) is 67.3 cm³/mol. The third-order valence-electron chi connectivity index (χ3n) is 2.40. The normalized spacial score (nSPS) is 10.7. The molecule has 90 valence electrons. The molecule has 0 bridgehead atoms. The summed E-state index contributed by atoms with van der Waals surface area (Å²) in [5.74, 6) is 0.262. The van der Waals surface area contributed by atoms with Crippen molar-refractivity contribution >= 4 is 28.3 Å². The Balaban J connectivity index is 1.71. The van der Waals surface area contributed by atoms with Gasteiger partial charge >= 0.3 is 0 Å². The molecule has 0 fully saturated rings. The summed E-state index contributed by atoms with van der Waals surface area (Å²) in [6, 6.07) is 7.48. The molecule has 0 saturated heterocycles. The molecule has 1 N–H and O–H groups in total. The first-order valence-corrected chi connectivity index (χ1v) is 6.28. The number of hydrogen-bond acceptors (Lipinski definition) is 5. The van der Waals surface area contributed by atoms with E-state index in [0.29, 0.717) is 11.6 Å². The van der Waals surface area contributed by atoms with Crippen molar-refractivity contribution in [1.29, 1.82) is 0 Å². The number of hydrogen-bond donors (Lipinski definition) is 1. The molecule has 3 aromatic rings. The number of thiazole rings is 1. The number of benzene rings is 1. The second kappa shape index (κ2) is 4.58. The standard InChI is InChI=1S/C12H9N3O2S/c16-12(9-6-18-7-14-9)13-5-11-15-8-3-1-2-4-10(8)17-11/h1-4,6-7H,5H2,(H,13,16). The lowest BCUT2D eigenvalue weighted by atomic mass is 10.3. The van der Waals surface area contributed by atoms with Gasteiger partial charge in [-0.25, -0.2) is 9.97 Å². The first-order valence-electron chi connectivity index (χ1n) is 5.34. The number of rotatable bonds is 3. The molecule has 0 spiro atoms. The Hall–Kier alpha value is -2.21. The fraction of sp³-hybridized carbons (Fsp3) is 0.0833. The zero-order chi connectivity index (χ0) is 12.4. The van der Waals surface area contributed by atoms with Crippen LogP contribution in [0.25, 0.3) is 11.1 Å². The van der Waals surface area contributed by atoms with Gasteiger partial charge in [-0.3, -0.25) is 4.79 Å². The molecular formula is C12H9N3O2S. The highest BCUT2D eigenvalue weighted by Gasteiger charge is 2.09. The van der Waals surface area contributed by atoms with Crippen molar-refractivity contribution in [2.24, 2.45) is 0 Å². The molecule has 2 heterocycles. The molecule has 18 heavy (non-hydrogen) atoms. The molecular weight excluding hydrogens is 250 g/mol. The van der Waals surface area contributed by atoms with Crippen molar-refractivity contribution in [3.63, 3.8) is 0 Å². The van der Waals surface area contributed by atoms with Crippen molar-refractivity contribution in [3.8, 4) is 0 Å². The third-order valence-corrected chi connectivity index (χ3v) is 2.99. The number of carbonyl (C=O) groups is 1. The number of amides is 1. The van der Waals surface area contributed by atoms with Gasteiger partial charge in [0.1, 0.15) is 11.2 Å². The van der Waals surface area contributed by atoms with Crippen LogP contribution in [0.1, 0.15) is 16.4 Å². The molecule has 0 atom stereocenters. The molecule has 1 aromatic carbocycles. The summed E-state index contributed by atoms with van der Waals surface area (Å²) in [5.41, 5.74) is 3.54. The van der Waals surface area contributed by atoms with Gasteiger partial charge in [0.25, 0.3) is 5.91 Å². The number of fused-ring (bicyclic) bond motifs is 1. The van der Waals surface area contributed by atoms with Gasteiger partial charge in [-0.05, 0) is 12.1 Å². The number of aromatic nitrogens is 2. The lowest BCUT2D eigenvalue weighted by molar-refractivity contribution is 0.0943. The summed E-state index contributed by atoms with van der Waals surface area (Å²) in [4.78, 5) is 19.9. The second-order valence-electron chi connectivity index (χ2n) is 3.63. The van der Waals surface area contributed by atoms with Crippen molar-refractivity contribution < 1.29 is 9.21 Å². The van der Waals surface area contributed by atoms with E-state index in [-0.39, 0.29) is 12.5 Å². The SMILES string of the molecule is O=C(NCc1nc2ccccc2o1)c1cscn1. The second-order valence-corrected chi connectivity index (χ2v) is 4.35. The fourth-order valence-corrected chi connectivity index (χ4v) is 2.10. The summed E-state index contributed by atoms with van der Waals surface area (Å²) < 4.78 is 5.49. The van der Waals surface area contributed by atoms with E-state index in [1.165, 1.54) is 11.3 Å². The molecule has 2 aromatic heterocycles. The minimum atomic E-state index is -0.224. The maximum Gasteiger partial charge on any atom is 0.271 e. The summed E-state index contributed by atoms with van der Waals surface area (Å²) >= 11 is 1.38. The molecule has 0 aliphatic carbocycles. The highest BCUT2D eigenvalue weighted by molar-refractivity contribution is 7.07. The van der Waals surface area contributed by atoms with Crippen molar-refractivity contribution in [2.75, 3.05) is 0 Å². The zero-order valence-corrected chi connectivity index (χ0v) is 10.1. The van der Waals surface area contributed by atoms with Gasteiger partial charge in [-0.15, -0.1) is 11.3 Å². The molecule has 3 rings (SSSR count). The maximum atomic E-state index is 11.7. The van der Waals surface area contributed by atoms with Crippen LogP contribution in [0.15, 0.2) is 39.6 Å². The van der Waals surface area contributed by atoms with Gasteiger partial charge in [0.15, 0.2) is 5.58 Å². The largest absolute Gasteiger partial charge is 0.439 e. The van der Waals surface area contributed by atoms with Crippen LogP contribution < -0.4 is 5.32 Å². The van der Waals surface area contributed by atoms with Crippen LogP contribution in [-0.4, -0.2) is 15.9 Å². The number of para-hydroxylation sites is 2. The number of carbonyl (C=O) groups excluding carboxylic acids is 1. The van der Waals surface area contributed by atoms with E-state index in [1.807, 2.05) is 24.3 Å². The molecule has 0 radical (unpaired) electrons. The maximum absolute atomic E-state index is 11.7. The van der Waals surface area contributed by atoms with E-state index < -0.39 is 0 Å². The molecule has 5 nitrogen and oxygen atoms in total. The topological polar surface area (TPSA) is 68.0 Å². The van der Waals surface area contributed by atoms with Crippen LogP contribution in [-0.2, 0) is 6.54 Å². The highest BCUT2D eigenvalue weighted by atomic mass is 32.1. The van der Waals surface area contributed by atoms with E-state index in [2.05, 4.69) is 15.3 Å². The van der Waals surface area contributed by atoms with Crippen LogP contribution in [0, 0.1) is 0 Å². The lowest BCUT2D eigenvalue weighted by Gasteiger charge is -1.98. The summed E-state index contributed by atoms with van der Waals surface area (Å²) in [7, 11) is 0. The van der Waals surface area contributed by atoms with E-state index >= 15 is 0 Å². The average molecular weight is 259 g/mol. The van der Waals surface area contributed by atoms with Crippen molar-refractivity contribution in [1.82, 2.24) is 15.3 Å². The van der Waals surface area contributed by atoms with Crippen LogP contribution in [0.4, 0.5) is 0 Å². The third kappa shape index (κ3) is 2.10. The van der Waals surface area contributed by atoms with Crippen LogP contribution in [0.3, 0.4) is 0 Å².